The topological polar surface area (TPSA) is 83.5 Å². The summed E-state index contributed by atoms with van der Waals surface area (Å²) in [6.45, 7) is 1.26. The van der Waals surface area contributed by atoms with Crippen molar-refractivity contribution < 1.29 is 13.2 Å². The molecule has 0 radical (unpaired) electrons. The van der Waals surface area contributed by atoms with Gasteiger partial charge in [0.25, 0.3) is 0 Å². The molecule has 7 nitrogen and oxygen atoms in total. The lowest BCUT2D eigenvalue weighted by Gasteiger charge is -2.34. The maximum absolute atomic E-state index is 12.6. The van der Waals surface area contributed by atoms with Crippen molar-refractivity contribution in [3.05, 3.63) is 47.7 Å². The zero-order valence-electron chi connectivity index (χ0n) is 13.8. The Labute approximate surface area is 161 Å². The molecule has 0 N–H and O–H groups in total. The first-order valence-corrected chi connectivity index (χ1v) is 10.7. The minimum Gasteiger partial charge on any atom is -0.339 e. The van der Waals surface area contributed by atoms with E-state index in [1.54, 1.807) is 35.5 Å². The standard InChI is InChI=1S/C16H17ClN4O3S2/c17-13-2-4-14(5-3-13)26(23,24)21-10-8-20(9-11-21)15(22)12-25-16-18-6-1-7-19-16/h1-7H,8-12H2. The Morgan fingerprint density at radius 1 is 1.08 bits per heavy atom. The number of carbonyl (C=O) groups is 1. The van der Waals surface area contributed by atoms with Crippen molar-refractivity contribution in [1.29, 1.82) is 0 Å². The molecule has 1 fully saturated rings. The van der Waals surface area contributed by atoms with Crippen LogP contribution in [0.1, 0.15) is 0 Å². The van der Waals surface area contributed by atoms with Crippen molar-refractivity contribution in [2.45, 2.75) is 10.1 Å². The first kappa shape index (κ1) is 19.1. The van der Waals surface area contributed by atoms with Crippen molar-refractivity contribution in [1.82, 2.24) is 19.2 Å². The van der Waals surface area contributed by atoms with Gasteiger partial charge in [-0.3, -0.25) is 4.79 Å². The number of amides is 1. The molecule has 0 spiro atoms. The van der Waals surface area contributed by atoms with E-state index in [9.17, 15) is 13.2 Å². The maximum Gasteiger partial charge on any atom is 0.243 e. The third kappa shape index (κ3) is 4.53. The Hall–Kier alpha value is -1.68. The predicted molar refractivity (Wildman–Crippen MR) is 99.5 cm³/mol. The highest BCUT2D eigenvalue weighted by molar-refractivity contribution is 7.99. The summed E-state index contributed by atoms with van der Waals surface area (Å²) in [6, 6.07) is 7.80. The van der Waals surface area contributed by atoms with E-state index in [1.807, 2.05) is 0 Å². The predicted octanol–water partition coefficient (Wildman–Crippen LogP) is 1.76. The lowest BCUT2D eigenvalue weighted by Crippen LogP contribution is -2.50. The molecule has 0 atom stereocenters. The van der Waals surface area contributed by atoms with Crippen LogP contribution in [0.4, 0.5) is 0 Å². The number of nitrogens with zero attached hydrogens (tertiary/aromatic N) is 4. The molecule has 0 saturated carbocycles. The van der Waals surface area contributed by atoms with Crippen molar-refractivity contribution in [2.24, 2.45) is 0 Å². The lowest BCUT2D eigenvalue weighted by atomic mass is 10.3. The summed E-state index contributed by atoms with van der Waals surface area (Å²) in [5.74, 6) is 0.180. The fourth-order valence-electron chi connectivity index (χ4n) is 2.51. The Morgan fingerprint density at radius 3 is 2.31 bits per heavy atom. The van der Waals surface area contributed by atoms with E-state index in [-0.39, 0.29) is 29.6 Å². The smallest absolute Gasteiger partial charge is 0.243 e. The summed E-state index contributed by atoms with van der Waals surface area (Å²) in [6.07, 6.45) is 3.25. The molecule has 1 aromatic carbocycles. The van der Waals surface area contributed by atoms with E-state index < -0.39 is 10.0 Å². The van der Waals surface area contributed by atoms with Crippen LogP contribution in [0, 0.1) is 0 Å². The molecule has 1 aliphatic heterocycles. The van der Waals surface area contributed by atoms with Gasteiger partial charge in [0.1, 0.15) is 0 Å². The Bertz CT molecular complexity index is 855. The molecule has 10 heteroatoms. The van der Waals surface area contributed by atoms with Gasteiger partial charge in [0.2, 0.25) is 15.9 Å². The van der Waals surface area contributed by atoms with Gasteiger partial charge in [-0.2, -0.15) is 4.31 Å². The van der Waals surface area contributed by atoms with Gasteiger partial charge in [0.05, 0.1) is 10.6 Å². The van der Waals surface area contributed by atoms with Gasteiger partial charge >= 0.3 is 0 Å². The second-order valence-electron chi connectivity index (χ2n) is 5.56. The molecule has 1 aromatic heterocycles. The second-order valence-corrected chi connectivity index (χ2v) is 8.88. The molecule has 1 aliphatic rings. The molecular formula is C16H17ClN4O3S2. The molecule has 0 unspecified atom stereocenters. The van der Waals surface area contributed by atoms with E-state index >= 15 is 0 Å². The van der Waals surface area contributed by atoms with Crippen molar-refractivity contribution in [3.8, 4) is 0 Å². The van der Waals surface area contributed by atoms with Gasteiger partial charge in [0.15, 0.2) is 5.16 Å². The van der Waals surface area contributed by atoms with Crippen molar-refractivity contribution >= 4 is 39.3 Å². The molecule has 26 heavy (non-hydrogen) atoms. The Balaban J connectivity index is 1.55. The number of hydrogen-bond donors (Lipinski definition) is 0. The van der Waals surface area contributed by atoms with Crippen molar-refractivity contribution in [3.63, 3.8) is 0 Å². The van der Waals surface area contributed by atoms with Crippen LogP contribution in [-0.2, 0) is 14.8 Å². The number of sulfonamides is 1. The summed E-state index contributed by atoms with van der Waals surface area (Å²) in [5.41, 5.74) is 0. The SMILES string of the molecule is O=C(CSc1ncccn1)N1CCN(S(=O)(=O)c2ccc(Cl)cc2)CC1. The normalized spacial score (nSPS) is 15.8. The van der Waals surface area contributed by atoms with Gasteiger partial charge in [0, 0.05) is 43.6 Å². The maximum atomic E-state index is 12.6. The average molecular weight is 413 g/mol. The van der Waals surface area contributed by atoms with E-state index in [0.717, 1.165) is 0 Å². The molecule has 138 valence electrons. The highest BCUT2D eigenvalue weighted by Crippen LogP contribution is 2.20. The minimum atomic E-state index is -3.57. The first-order valence-electron chi connectivity index (χ1n) is 7.90. The summed E-state index contributed by atoms with van der Waals surface area (Å²) in [4.78, 5) is 22.3. The monoisotopic (exact) mass is 412 g/mol. The number of benzene rings is 1. The molecule has 3 rings (SSSR count). The molecular weight excluding hydrogens is 396 g/mol. The summed E-state index contributed by atoms with van der Waals surface area (Å²) in [7, 11) is -3.57. The fraction of sp³-hybridized carbons (Fsp3) is 0.312. The van der Waals surface area contributed by atoms with E-state index in [1.165, 1.54) is 28.2 Å². The van der Waals surface area contributed by atoms with Crippen LogP contribution in [0.3, 0.4) is 0 Å². The number of aromatic nitrogens is 2. The van der Waals surface area contributed by atoms with Gasteiger partial charge in [-0.25, -0.2) is 18.4 Å². The van der Waals surface area contributed by atoms with Crippen LogP contribution >= 0.6 is 23.4 Å². The zero-order valence-corrected chi connectivity index (χ0v) is 16.2. The third-order valence-electron chi connectivity index (χ3n) is 3.91. The Morgan fingerprint density at radius 2 is 1.69 bits per heavy atom. The van der Waals surface area contributed by atoms with Gasteiger partial charge in [-0.15, -0.1) is 0 Å². The number of halogens is 1. The molecule has 2 aromatic rings. The number of rotatable bonds is 5. The van der Waals surface area contributed by atoms with Crippen LogP contribution < -0.4 is 0 Å². The number of hydrogen-bond acceptors (Lipinski definition) is 6. The van der Waals surface area contributed by atoms with Crippen LogP contribution in [0.2, 0.25) is 5.02 Å². The summed E-state index contributed by atoms with van der Waals surface area (Å²) < 4.78 is 26.7. The molecule has 1 amide bonds. The lowest BCUT2D eigenvalue weighted by molar-refractivity contribution is -0.129. The molecule has 0 aliphatic carbocycles. The van der Waals surface area contributed by atoms with Crippen LogP contribution in [0.15, 0.2) is 52.8 Å². The molecule has 1 saturated heterocycles. The highest BCUT2D eigenvalue weighted by atomic mass is 35.5. The van der Waals surface area contributed by atoms with E-state index in [0.29, 0.717) is 23.3 Å². The summed E-state index contributed by atoms with van der Waals surface area (Å²) in [5, 5.41) is 1.03. The van der Waals surface area contributed by atoms with Crippen LogP contribution in [0.25, 0.3) is 0 Å². The fourth-order valence-corrected chi connectivity index (χ4v) is 4.77. The average Bonchev–Trinajstić information content (AvgIpc) is 2.67. The van der Waals surface area contributed by atoms with Crippen LogP contribution in [0.5, 0.6) is 0 Å². The largest absolute Gasteiger partial charge is 0.339 e. The number of piperazine rings is 1. The van der Waals surface area contributed by atoms with Crippen LogP contribution in [-0.4, -0.2) is 65.4 Å². The molecule has 0 bridgehead atoms. The van der Waals surface area contributed by atoms with E-state index in [2.05, 4.69) is 9.97 Å². The first-order chi connectivity index (χ1) is 12.5. The number of carbonyl (C=O) groups excluding carboxylic acids is 1. The minimum absolute atomic E-state index is 0.0500. The van der Waals surface area contributed by atoms with Crippen molar-refractivity contribution in [2.75, 3.05) is 31.9 Å². The number of thioether (sulfide) groups is 1. The van der Waals surface area contributed by atoms with Gasteiger partial charge < -0.3 is 4.90 Å². The van der Waals surface area contributed by atoms with Gasteiger partial charge in [-0.1, -0.05) is 23.4 Å². The third-order valence-corrected chi connectivity index (χ3v) is 6.93. The van der Waals surface area contributed by atoms with Gasteiger partial charge in [-0.05, 0) is 30.3 Å². The summed E-state index contributed by atoms with van der Waals surface area (Å²) >= 11 is 7.08. The molecule has 2 heterocycles. The quantitative estimate of drug-likeness (QED) is 0.549. The van der Waals surface area contributed by atoms with E-state index in [4.69, 9.17) is 11.6 Å². The second kappa shape index (κ2) is 8.34. The Kier molecular flexibility index (Phi) is 6.13. The zero-order chi connectivity index (χ0) is 18.6. The highest BCUT2D eigenvalue weighted by Gasteiger charge is 2.30.